The van der Waals surface area contributed by atoms with Gasteiger partial charge in [-0.05, 0) is 103 Å². The lowest BCUT2D eigenvalue weighted by molar-refractivity contribution is -0.0383. The number of anilines is 1. The van der Waals surface area contributed by atoms with Gasteiger partial charge in [0, 0.05) is 23.2 Å². The summed E-state index contributed by atoms with van der Waals surface area (Å²) >= 11 is 0. The number of hydrogen-bond donors (Lipinski definition) is 3. The summed E-state index contributed by atoms with van der Waals surface area (Å²) in [5.74, 6) is 1.15. The largest absolute Gasteiger partial charge is 0.508 e. The Morgan fingerprint density at radius 3 is 2.78 bits per heavy atom. The maximum Gasteiger partial charge on any atom is 0.412 e. The number of aliphatic hydroxyl groups excluding tert-OH is 1. The van der Waals surface area contributed by atoms with Crippen LogP contribution in [0.25, 0.3) is 11.0 Å². The number of aryl methyl sites for hydroxylation is 1. The maximum atomic E-state index is 13.0. The predicted molar refractivity (Wildman–Crippen MR) is 135 cm³/mol. The first-order chi connectivity index (χ1) is 17.2. The number of ether oxygens (including phenoxy) is 1. The van der Waals surface area contributed by atoms with E-state index in [1.807, 2.05) is 13.0 Å². The number of fused-ring (bicyclic) bond motifs is 6. The number of carbonyl (C=O) groups is 1. The van der Waals surface area contributed by atoms with Crippen molar-refractivity contribution in [1.29, 1.82) is 0 Å². The van der Waals surface area contributed by atoms with Crippen molar-refractivity contribution in [2.24, 2.45) is 17.3 Å². The molecule has 1 amide bonds. The molecule has 6 atom stereocenters. The SMILES string of the molecule is Cc1cc(=O)oc2cc(NC(=O)O[C@@H]3CC4C(CC[C@@]5(C)C4CC[C@@H]5O)c4ccc(O)cc43)ccc12. The number of hydrogen-bond acceptors (Lipinski definition) is 6. The quantitative estimate of drug-likeness (QED) is 0.394. The second kappa shape index (κ2) is 8.37. The van der Waals surface area contributed by atoms with Gasteiger partial charge < -0.3 is 19.4 Å². The molecule has 0 radical (unpaired) electrons. The lowest BCUT2D eigenvalue weighted by Crippen LogP contribution is -2.44. The van der Waals surface area contributed by atoms with Crippen molar-refractivity contribution in [3.8, 4) is 5.75 Å². The number of rotatable bonds is 2. The number of benzene rings is 2. The number of amides is 1. The topological polar surface area (TPSA) is 109 Å². The molecule has 2 saturated carbocycles. The zero-order valence-electron chi connectivity index (χ0n) is 20.5. The number of phenolic OH excluding ortho intramolecular Hbond substituents is 1. The summed E-state index contributed by atoms with van der Waals surface area (Å²) in [5, 5.41) is 24.5. The smallest absolute Gasteiger partial charge is 0.412 e. The molecule has 0 saturated heterocycles. The molecule has 3 aromatic rings. The third-order valence-corrected chi connectivity index (χ3v) is 9.14. The van der Waals surface area contributed by atoms with Crippen molar-refractivity contribution < 1.29 is 24.2 Å². The lowest BCUT2D eigenvalue weighted by atomic mass is 9.55. The Balaban J connectivity index is 1.28. The molecule has 36 heavy (non-hydrogen) atoms. The van der Waals surface area contributed by atoms with Crippen LogP contribution in [0.15, 0.2) is 51.7 Å². The van der Waals surface area contributed by atoms with E-state index in [2.05, 4.69) is 12.2 Å². The van der Waals surface area contributed by atoms with E-state index in [0.29, 0.717) is 35.4 Å². The first-order valence-corrected chi connectivity index (χ1v) is 12.8. The molecule has 3 aliphatic carbocycles. The second-order valence-corrected chi connectivity index (χ2v) is 11.0. The molecule has 188 valence electrons. The minimum Gasteiger partial charge on any atom is -0.508 e. The van der Waals surface area contributed by atoms with Crippen LogP contribution >= 0.6 is 0 Å². The highest BCUT2D eigenvalue weighted by Gasteiger charge is 2.55. The van der Waals surface area contributed by atoms with Crippen LogP contribution in [0.4, 0.5) is 10.5 Å². The molecule has 0 aliphatic heterocycles. The predicted octanol–water partition coefficient (Wildman–Crippen LogP) is 5.77. The Kier molecular flexibility index (Phi) is 5.37. The Hall–Kier alpha value is -3.32. The van der Waals surface area contributed by atoms with Crippen molar-refractivity contribution in [2.45, 2.75) is 64.1 Å². The van der Waals surface area contributed by atoms with Crippen LogP contribution in [-0.2, 0) is 4.74 Å². The van der Waals surface area contributed by atoms with Crippen LogP contribution in [0.5, 0.6) is 5.75 Å². The van der Waals surface area contributed by atoms with Crippen LogP contribution in [0, 0.1) is 24.2 Å². The average Bonchev–Trinajstić information content (AvgIpc) is 3.13. The van der Waals surface area contributed by atoms with E-state index in [4.69, 9.17) is 9.15 Å². The standard InChI is InChI=1S/C29H31NO6/c1-15-11-27(33)35-24-12-16(3-5-18(15)24)30-28(34)36-25-14-21-20(19-6-4-17(31)13-22(19)25)9-10-29(2)23(21)7-8-26(29)32/h3-6,11-13,20-21,23,25-26,31-32H,7-10,14H2,1-2H3,(H,30,34)/t20?,21?,23?,25-,26+,29+/m1/s1. The summed E-state index contributed by atoms with van der Waals surface area (Å²) in [6.45, 7) is 4.05. The van der Waals surface area contributed by atoms with E-state index in [1.54, 1.807) is 30.3 Å². The molecule has 7 heteroatoms. The number of nitrogens with one attached hydrogen (secondary N) is 1. The molecule has 1 aromatic heterocycles. The Morgan fingerprint density at radius 2 is 1.94 bits per heavy atom. The second-order valence-electron chi connectivity index (χ2n) is 11.0. The fourth-order valence-corrected chi connectivity index (χ4v) is 7.32. The monoisotopic (exact) mass is 489 g/mol. The molecule has 1 heterocycles. The molecule has 0 bridgehead atoms. The van der Waals surface area contributed by atoms with Crippen molar-refractivity contribution in [3.05, 3.63) is 69.6 Å². The van der Waals surface area contributed by atoms with Gasteiger partial charge in [0.2, 0.25) is 0 Å². The summed E-state index contributed by atoms with van der Waals surface area (Å²) in [7, 11) is 0. The highest BCUT2D eigenvalue weighted by atomic mass is 16.6. The molecule has 3 aliphatic rings. The van der Waals surface area contributed by atoms with Crippen LogP contribution in [0.1, 0.15) is 67.7 Å². The van der Waals surface area contributed by atoms with E-state index in [-0.39, 0.29) is 17.3 Å². The summed E-state index contributed by atoms with van der Waals surface area (Å²) in [5.41, 5.74) is 3.12. The zero-order valence-corrected chi connectivity index (χ0v) is 20.5. The highest BCUT2D eigenvalue weighted by Crippen LogP contribution is 2.62. The van der Waals surface area contributed by atoms with Gasteiger partial charge >= 0.3 is 11.7 Å². The molecule has 3 N–H and O–H groups in total. The van der Waals surface area contributed by atoms with Gasteiger partial charge in [0.05, 0.1) is 6.10 Å². The normalized spacial score (nSPS) is 30.8. The molecular formula is C29H31NO6. The highest BCUT2D eigenvalue weighted by molar-refractivity contribution is 5.90. The van der Waals surface area contributed by atoms with Gasteiger partial charge in [-0.2, -0.15) is 0 Å². The van der Waals surface area contributed by atoms with Crippen molar-refractivity contribution in [2.75, 3.05) is 5.32 Å². The van der Waals surface area contributed by atoms with Crippen LogP contribution < -0.4 is 10.9 Å². The molecule has 0 spiro atoms. The van der Waals surface area contributed by atoms with Crippen molar-refractivity contribution in [1.82, 2.24) is 0 Å². The molecular weight excluding hydrogens is 458 g/mol. The van der Waals surface area contributed by atoms with Crippen molar-refractivity contribution in [3.63, 3.8) is 0 Å². The number of phenols is 1. The Labute approximate surface area is 209 Å². The van der Waals surface area contributed by atoms with Gasteiger partial charge in [-0.25, -0.2) is 9.59 Å². The van der Waals surface area contributed by atoms with Crippen molar-refractivity contribution >= 4 is 22.7 Å². The van der Waals surface area contributed by atoms with E-state index < -0.39 is 17.8 Å². The summed E-state index contributed by atoms with van der Waals surface area (Å²) < 4.78 is 11.3. The third-order valence-electron chi connectivity index (χ3n) is 9.14. The van der Waals surface area contributed by atoms with E-state index in [1.165, 1.54) is 6.07 Å². The molecule has 2 fully saturated rings. The summed E-state index contributed by atoms with van der Waals surface area (Å²) in [6.07, 6.45) is 3.01. The Morgan fingerprint density at radius 1 is 1.11 bits per heavy atom. The molecule has 6 rings (SSSR count). The number of aliphatic hydroxyl groups is 1. The molecule has 7 nitrogen and oxygen atoms in total. The van der Waals surface area contributed by atoms with E-state index in [0.717, 1.165) is 47.8 Å². The first-order valence-electron chi connectivity index (χ1n) is 12.8. The van der Waals surface area contributed by atoms with E-state index in [9.17, 15) is 19.8 Å². The number of carbonyl (C=O) groups excluding carboxylic acids is 1. The fourth-order valence-electron chi connectivity index (χ4n) is 7.32. The van der Waals surface area contributed by atoms with Gasteiger partial charge in [0.1, 0.15) is 17.4 Å². The molecule has 3 unspecified atom stereocenters. The number of aromatic hydroxyl groups is 1. The van der Waals surface area contributed by atoms with Crippen LogP contribution in [0.3, 0.4) is 0 Å². The maximum absolute atomic E-state index is 13.0. The lowest BCUT2D eigenvalue weighted by Gasteiger charge is -2.51. The summed E-state index contributed by atoms with van der Waals surface area (Å²) in [4.78, 5) is 24.8. The van der Waals surface area contributed by atoms with Gasteiger partial charge in [0.25, 0.3) is 0 Å². The third kappa shape index (κ3) is 3.68. The zero-order chi connectivity index (χ0) is 25.2. The average molecular weight is 490 g/mol. The van der Waals surface area contributed by atoms with Gasteiger partial charge in [-0.3, -0.25) is 5.32 Å². The minimum absolute atomic E-state index is 0.102. The minimum atomic E-state index is -0.605. The van der Waals surface area contributed by atoms with Gasteiger partial charge in [0.15, 0.2) is 0 Å². The fraction of sp³-hybridized carbons (Fsp3) is 0.448. The van der Waals surface area contributed by atoms with Crippen LogP contribution in [0.2, 0.25) is 0 Å². The summed E-state index contributed by atoms with van der Waals surface area (Å²) in [6, 6.07) is 12.0. The van der Waals surface area contributed by atoms with E-state index >= 15 is 0 Å². The van der Waals surface area contributed by atoms with Gasteiger partial charge in [-0.15, -0.1) is 0 Å². The Bertz CT molecular complexity index is 1410. The van der Waals surface area contributed by atoms with Crippen LogP contribution in [-0.4, -0.2) is 22.4 Å². The van der Waals surface area contributed by atoms with Gasteiger partial charge in [-0.1, -0.05) is 13.0 Å². The first kappa shape index (κ1) is 23.1. The molecule has 2 aromatic carbocycles.